The van der Waals surface area contributed by atoms with Gasteiger partial charge in [-0.3, -0.25) is 0 Å². The molecular formula is C23H46Y-2. The van der Waals surface area contributed by atoms with Crippen LogP contribution in [0.25, 0.3) is 0 Å². The largest absolute Gasteiger partial charge is 0.335 e. The SMILES string of the molecule is C[CH-]C.[CH2-]/C=C(\C)CCC[C@H](C)CCC[C@@H](C)CCCC(C)C.[Y]. The Kier molecular flexibility index (Phi) is 26.7. The average molecular weight is 412 g/mol. The Morgan fingerprint density at radius 2 is 1.21 bits per heavy atom. The van der Waals surface area contributed by atoms with Crippen LogP contribution in [-0.4, -0.2) is 0 Å². The van der Waals surface area contributed by atoms with E-state index in [-0.39, 0.29) is 32.7 Å². The number of hydrogen-bond donors (Lipinski definition) is 0. The predicted molar refractivity (Wildman–Crippen MR) is 109 cm³/mol. The van der Waals surface area contributed by atoms with Gasteiger partial charge in [-0.05, 0) is 17.8 Å². The summed E-state index contributed by atoms with van der Waals surface area (Å²) >= 11 is 0. The second-order valence-corrected chi connectivity index (χ2v) is 7.99. The molecule has 0 aliphatic rings. The van der Waals surface area contributed by atoms with Crippen LogP contribution in [0.3, 0.4) is 0 Å². The van der Waals surface area contributed by atoms with Gasteiger partial charge in [0, 0.05) is 32.7 Å². The third kappa shape index (κ3) is 25.0. The molecule has 0 N–H and O–H groups in total. The molecule has 0 bridgehead atoms. The molecule has 0 aliphatic heterocycles. The first-order valence-electron chi connectivity index (χ1n) is 10.1. The molecule has 1 radical (unpaired) electrons. The quantitative estimate of drug-likeness (QED) is 0.283. The Labute approximate surface area is 180 Å². The van der Waals surface area contributed by atoms with Crippen molar-refractivity contribution >= 4 is 0 Å². The second-order valence-electron chi connectivity index (χ2n) is 7.99. The second kappa shape index (κ2) is 21.8. The number of allylic oxidation sites excluding steroid dienone is 2. The van der Waals surface area contributed by atoms with Gasteiger partial charge in [-0.25, -0.2) is 18.6 Å². The molecule has 24 heavy (non-hydrogen) atoms. The van der Waals surface area contributed by atoms with Gasteiger partial charge < -0.3 is 6.42 Å². The fourth-order valence-electron chi connectivity index (χ4n) is 2.81. The maximum Gasteiger partial charge on any atom is 0 e. The van der Waals surface area contributed by atoms with E-state index in [4.69, 9.17) is 0 Å². The van der Waals surface area contributed by atoms with Gasteiger partial charge in [-0.1, -0.05) is 85.5 Å². The number of rotatable bonds is 12. The van der Waals surface area contributed by atoms with Crippen LogP contribution < -0.4 is 0 Å². The normalized spacial score (nSPS) is 13.8. The summed E-state index contributed by atoms with van der Waals surface area (Å²) in [7, 11) is 0. The molecule has 0 saturated heterocycles. The van der Waals surface area contributed by atoms with E-state index < -0.39 is 0 Å². The van der Waals surface area contributed by atoms with Crippen molar-refractivity contribution in [3.8, 4) is 0 Å². The molecule has 0 aromatic heterocycles. The van der Waals surface area contributed by atoms with Gasteiger partial charge in [0.2, 0.25) is 0 Å². The topological polar surface area (TPSA) is 0 Å². The fourth-order valence-corrected chi connectivity index (χ4v) is 2.81. The zero-order chi connectivity index (χ0) is 18.1. The standard InChI is InChI=1S/C20H39.C3H7.Y/c1-7-18(4)12-9-14-20(6)16-10-15-19(5)13-8-11-17(2)3;1-3-2;/h7,17,19-20H,1,8-16H2,2-6H3;3H,1-2H3;/q2*-1;/b18-7+;;/t19-,20-;;/m0../s1. The van der Waals surface area contributed by atoms with E-state index >= 15 is 0 Å². The van der Waals surface area contributed by atoms with Crippen molar-refractivity contribution in [2.75, 3.05) is 0 Å². The van der Waals surface area contributed by atoms with Gasteiger partial charge in [0.1, 0.15) is 0 Å². The minimum absolute atomic E-state index is 0. The first-order valence-corrected chi connectivity index (χ1v) is 10.1. The Bertz CT molecular complexity index is 255. The number of hydrogen-bond acceptors (Lipinski definition) is 0. The molecule has 0 amide bonds. The third-order valence-corrected chi connectivity index (χ3v) is 4.49. The first-order chi connectivity index (χ1) is 10.9. The van der Waals surface area contributed by atoms with E-state index in [0.29, 0.717) is 0 Å². The van der Waals surface area contributed by atoms with Gasteiger partial charge in [0.15, 0.2) is 0 Å². The molecule has 0 heterocycles. The zero-order valence-electron chi connectivity index (χ0n) is 18.0. The van der Waals surface area contributed by atoms with E-state index in [1.54, 1.807) is 0 Å². The summed E-state index contributed by atoms with van der Waals surface area (Å²) < 4.78 is 0. The Morgan fingerprint density at radius 3 is 1.58 bits per heavy atom. The minimum Gasteiger partial charge on any atom is -0.335 e. The van der Waals surface area contributed by atoms with Gasteiger partial charge in [-0.15, -0.1) is 6.92 Å². The molecule has 1 heteroatoms. The molecule has 0 nitrogen and oxygen atoms in total. The third-order valence-electron chi connectivity index (χ3n) is 4.49. The fraction of sp³-hybridized carbons (Fsp3) is 0.826. The molecule has 0 unspecified atom stereocenters. The van der Waals surface area contributed by atoms with Crippen LogP contribution >= 0.6 is 0 Å². The van der Waals surface area contributed by atoms with Crippen LogP contribution in [0.2, 0.25) is 0 Å². The summed E-state index contributed by atoms with van der Waals surface area (Å²) in [5.41, 5.74) is 1.44. The van der Waals surface area contributed by atoms with Crippen molar-refractivity contribution in [1.82, 2.24) is 0 Å². The van der Waals surface area contributed by atoms with E-state index in [0.717, 1.165) is 17.8 Å². The van der Waals surface area contributed by atoms with E-state index in [9.17, 15) is 0 Å². The van der Waals surface area contributed by atoms with Crippen LogP contribution in [0.5, 0.6) is 0 Å². The summed E-state index contributed by atoms with van der Waals surface area (Å²) in [4.78, 5) is 0. The van der Waals surface area contributed by atoms with E-state index in [1.165, 1.54) is 63.4 Å². The molecule has 0 saturated carbocycles. The summed E-state index contributed by atoms with van der Waals surface area (Å²) in [6.07, 6.45) is 16.5. The van der Waals surface area contributed by atoms with Gasteiger partial charge >= 0.3 is 0 Å². The molecule has 0 rings (SSSR count). The molecule has 143 valence electrons. The van der Waals surface area contributed by atoms with Crippen molar-refractivity contribution in [2.45, 2.75) is 106 Å². The predicted octanol–water partition coefficient (Wildman–Crippen LogP) is 8.43. The summed E-state index contributed by atoms with van der Waals surface area (Å²) in [5.74, 6) is 2.70. The first kappa shape index (κ1) is 29.5. The Balaban J connectivity index is -0.00000102. The van der Waals surface area contributed by atoms with Crippen molar-refractivity contribution in [1.29, 1.82) is 0 Å². The summed E-state index contributed by atoms with van der Waals surface area (Å²) in [5, 5.41) is 0. The molecule has 0 fully saturated rings. The van der Waals surface area contributed by atoms with Crippen molar-refractivity contribution in [3.63, 3.8) is 0 Å². The average Bonchev–Trinajstić information content (AvgIpc) is 2.47. The molecule has 0 aliphatic carbocycles. The van der Waals surface area contributed by atoms with Crippen LogP contribution in [0.15, 0.2) is 11.6 Å². The Morgan fingerprint density at radius 1 is 0.833 bits per heavy atom. The monoisotopic (exact) mass is 411 g/mol. The van der Waals surface area contributed by atoms with Gasteiger partial charge in [0.25, 0.3) is 0 Å². The molecule has 0 spiro atoms. The van der Waals surface area contributed by atoms with Crippen LogP contribution in [-0.2, 0) is 32.7 Å². The van der Waals surface area contributed by atoms with Crippen molar-refractivity contribution in [3.05, 3.63) is 25.0 Å². The molecule has 0 aromatic carbocycles. The van der Waals surface area contributed by atoms with Crippen LogP contribution in [0.1, 0.15) is 106 Å². The minimum atomic E-state index is 0. The summed E-state index contributed by atoms with van der Waals surface area (Å²) in [6.45, 7) is 19.5. The molecular weight excluding hydrogens is 365 g/mol. The Hall–Kier alpha value is 0.714. The van der Waals surface area contributed by atoms with Crippen molar-refractivity contribution in [2.24, 2.45) is 17.8 Å². The molecule has 0 aromatic rings. The van der Waals surface area contributed by atoms with Crippen LogP contribution in [0.4, 0.5) is 0 Å². The van der Waals surface area contributed by atoms with Crippen molar-refractivity contribution < 1.29 is 32.7 Å². The van der Waals surface area contributed by atoms with Crippen LogP contribution in [0, 0.1) is 31.1 Å². The molecule has 2 atom stereocenters. The summed E-state index contributed by atoms with van der Waals surface area (Å²) in [6, 6.07) is 0. The van der Waals surface area contributed by atoms with E-state index in [1.807, 2.05) is 26.3 Å². The van der Waals surface area contributed by atoms with E-state index in [2.05, 4.69) is 41.5 Å². The zero-order valence-corrected chi connectivity index (χ0v) is 20.9. The maximum absolute atomic E-state index is 3.83. The maximum atomic E-state index is 3.83. The smallest absolute Gasteiger partial charge is 0 e. The van der Waals surface area contributed by atoms with Gasteiger partial charge in [-0.2, -0.15) is 13.8 Å². The van der Waals surface area contributed by atoms with Gasteiger partial charge in [0.05, 0.1) is 0 Å².